The average Bonchev–Trinajstić information content (AvgIpc) is 2.72. The molecule has 0 saturated carbocycles. The van der Waals surface area contributed by atoms with Crippen LogP contribution in [0, 0.1) is 6.92 Å². The molecule has 0 aliphatic carbocycles. The molecule has 0 aromatic carbocycles. The Morgan fingerprint density at radius 3 is 2.87 bits per heavy atom. The summed E-state index contributed by atoms with van der Waals surface area (Å²) in [7, 11) is 8.58. The monoisotopic (exact) mass is 310 g/mol. The molecule has 0 fully saturated rings. The summed E-state index contributed by atoms with van der Waals surface area (Å²) >= 11 is 1.55. The molecule has 0 bridgehead atoms. The Bertz CT molecular complexity index is 551. The summed E-state index contributed by atoms with van der Waals surface area (Å²) in [5, 5.41) is 3.27. The van der Waals surface area contributed by atoms with Crippen LogP contribution in [0.3, 0.4) is 0 Å². The lowest BCUT2D eigenvalue weighted by atomic mass is 10.6. The van der Waals surface area contributed by atoms with Gasteiger partial charge in [-0.3, -0.25) is 0 Å². The number of hydrogen-bond donors (Lipinski definition) is 0. The van der Waals surface area contributed by atoms with Gasteiger partial charge < -0.3 is 0 Å². The summed E-state index contributed by atoms with van der Waals surface area (Å²) < 4.78 is 12.2. The van der Waals surface area contributed by atoms with Gasteiger partial charge in [-0.05, 0) is 4.37 Å². The van der Waals surface area contributed by atoms with Gasteiger partial charge in [0.25, 0.3) is 20.4 Å². The zero-order valence-corrected chi connectivity index (χ0v) is 12.3. The van der Waals surface area contributed by atoms with E-state index in [0.717, 1.165) is 11.6 Å². The van der Waals surface area contributed by atoms with Crippen molar-refractivity contribution < 1.29 is 4.57 Å². The van der Waals surface area contributed by atoms with E-state index in [1.54, 1.807) is 31.2 Å². The Hall–Kier alpha value is 0.0700. The summed E-state index contributed by atoms with van der Waals surface area (Å²) in [6.45, 7) is 2.02. The lowest BCUT2D eigenvalue weighted by molar-refractivity contribution is -0.591. The van der Waals surface area contributed by atoms with E-state index in [4.69, 9.17) is 0 Å². The molecule has 0 amide bonds. The summed E-state index contributed by atoms with van der Waals surface area (Å²) in [6, 6.07) is 0. The van der Waals surface area contributed by atoms with E-state index >= 15 is 0 Å². The van der Waals surface area contributed by atoms with E-state index in [2.05, 4.69) is 18.7 Å². The zero-order valence-electron chi connectivity index (χ0n) is 7.37. The highest BCUT2D eigenvalue weighted by Crippen LogP contribution is 2.38. The highest BCUT2D eigenvalue weighted by atomic mass is 33.3. The summed E-state index contributed by atoms with van der Waals surface area (Å²) in [4.78, 5) is 0. The first-order valence-electron chi connectivity index (χ1n) is 3.87. The van der Waals surface area contributed by atoms with Crippen molar-refractivity contribution in [2.75, 3.05) is 0 Å². The number of hydrogen-bond acceptors (Lipinski definition) is 6. The minimum absolute atomic E-state index is 0.997. The molecule has 3 nitrogen and oxygen atoms in total. The number of nitrogens with zero attached hydrogens (tertiary/aromatic N) is 3. The first kappa shape index (κ1) is 10.2. The third kappa shape index (κ3) is 1.77. The lowest BCUT2D eigenvalue weighted by Gasteiger charge is -1.91. The van der Waals surface area contributed by atoms with E-state index in [1.165, 1.54) is 19.7 Å². The van der Waals surface area contributed by atoms with E-state index in [1.807, 2.05) is 27.6 Å². The lowest BCUT2D eigenvalue weighted by Crippen LogP contribution is -2.34. The second-order valence-electron chi connectivity index (χ2n) is 2.63. The molecule has 0 radical (unpaired) electrons. The van der Waals surface area contributed by atoms with Crippen LogP contribution in [-0.2, 0) is 0 Å². The van der Waals surface area contributed by atoms with Crippen LogP contribution in [0.5, 0.6) is 0 Å². The quantitative estimate of drug-likeness (QED) is 0.411. The maximum absolute atomic E-state index is 4.39. The standard InChI is InChI=1S/C6H4N3S6/c1-3-7-11-5(6-12-15-13-6)9(3)4-2-10-14-8-4/h2H,1H3/q+3. The molecule has 0 N–H and O–H groups in total. The molecule has 76 valence electrons. The molecule has 9 heteroatoms. The van der Waals surface area contributed by atoms with Crippen molar-refractivity contribution in [3.63, 3.8) is 0 Å². The molecule has 3 heterocycles. The van der Waals surface area contributed by atoms with Crippen molar-refractivity contribution in [2.45, 2.75) is 6.92 Å². The van der Waals surface area contributed by atoms with E-state index in [-0.39, 0.29) is 0 Å². The first-order chi connectivity index (χ1) is 7.36. The normalized spacial score (nSPS) is 11.0. The third-order valence-electron chi connectivity index (χ3n) is 1.74. The summed E-state index contributed by atoms with van der Waals surface area (Å²) in [5.41, 5.74) is 0. The Balaban J connectivity index is 2.20. The van der Waals surface area contributed by atoms with Crippen LogP contribution in [0.2, 0.25) is 0 Å². The van der Waals surface area contributed by atoms with E-state index < -0.39 is 0 Å². The number of rotatable bonds is 2. The van der Waals surface area contributed by atoms with Crippen LogP contribution in [-0.4, -0.2) is 8.75 Å². The van der Waals surface area contributed by atoms with Gasteiger partial charge in [-0.2, -0.15) is 4.57 Å². The van der Waals surface area contributed by atoms with Gasteiger partial charge >= 0.3 is 26.7 Å². The van der Waals surface area contributed by atoms with Gasteiger partial charge in [-0.25, -0.2) is 0 Å². The maximum Gasteiger partial charge on any atom is 0.354 e. The van der Waals surface area contributed by atoms with Crippen LogP contribution >= 0.6 is 62.4 Å². The predicted octanol–water partition coefficient (Wildman–Crippen LogP) is 3.66. The van der Waals surface area contributed by atoms with Crippen molar-refractivity contribution in [3.8, 4) is 15.0 Å². The van der Waals surface area contributed by atoms with Crippen LogP contribution in [0.4, 0.5) is 0 Å². The minimum Gasteiger partial charge on any atom is -0.174 e. The average molecular weight is 311 g/mol. The van der Waals surface area contributed by atoms with Gasteiger partial charge in [0.05, 0.1) is 11.5 Å². The Morgan fingerprint density at radius 2 is 2.27 bits per heavy atom. The number of aryl methyl sites for hydroxylation is 1. The van der Waals surface area contributed by atoms with Gasteiger partial charge in [0.2, 0.25) is 0 Å². The van der Waals surface area contributed by atoms with Crippen LogP contribution in [0.25, 0.3) is 15.0 Å². The molecule has 0 atom stereocenters. The fraction of sp³-hybridized carbons (Fsp3) is 0.167. The fourth-order valence-corrected chi connectivity index (χ4v) is 6.51. The minimum atomic E-state index is 0.997. The van der Waals surface area contributed by atoms with Gasteiger partial charge in [0, 0.05) is 11.3 Å². The van der Waals surface area contributed by atoms with Crippen LogP contribution in [0.1, 0.15) is 5.82 Å². The predicted molar refractivity (Wildman–Crippen MR) is 69.8 cm³/mol. The summed E-state index contributed by atoms with van der Waals surface area (Å²) in [5.74, 6) is 2.01. The Labute approximate surface area is 108 Å². The molecule has 0 aliphatic rings. The van der Waals surface area contributed by atoms with Crippen molar-refractivity contribution in [1.29, 1.82) is 0 Å². The molecule has 3 rings (SSSR count). The van der Waals surface area contributed by atoms with Crippen LogP contribution < -0.4 is 4.57 Å². The molecular weight excluding hydrogens is 306 g/mol. The fourth-order valence-electron chi connectivity index (χ4n) is 1.11. The van der Waals surface area contributed by atoms with E-state index in [9.17, 15) is 0 Å². The smallest absolute Gasteiger partial charge is 0.174 e. The third-order valence-corrected chi connectivity index (χ3v) is 8.93. The highest BCUT2D eigenvalue weighted by molar-refractivity contribution is 8.03. The molecular formula is C6H4N3S6+3. The van der Waals surface area contributed by atoms with Crippen LogP contribution in [0.15, 0.2) is 5.38 Å². The second kappa shape index (κ2) is 4.15. The molecule has 0 spiro atoms. The zero-order chi connectivity index (χ0) is 10.3. The van der Waals surface area contributed by atoms with Gasteiger partial charge in [-0.15, -0.1) is 0 Å². The Kier molecular flexibility index (Phi) is 2.83. The van der Waals surface area contributed by atoms with Gasteiger partial charge in [-0.1, -0.05) is 0 Å². The summed E-state index contributed by atoms with van der Waals surface area (Å²) in [6.07, 6.45) is 0. The molecule has 3 aromatic heterocycles. The van der Waals surface area contributed by atoms with Crippen molar-refractivity contribution in [2.24, 2.45) is 0 Å². The molecule has 15 heavy (non-hydrogen) atoms. The highest BCUT2D eigenvalue weighted by Gasteiger charge is 2.30. The van der Waals surface area contributed by atoms with E-state index in [0.29, 0.717) is 0 Å². The molecule has 0 aliphatic heterocycles. The topological polar surface area (TPSA) is 29.7 Å². The molecule has 3 aromatic rings. The van der Waals surface area contributed by atoms with Gasteiger partial charge in [0.1, 0.15) is 30.0 Å². The molecule has 0 saturated heterocycles. The van der Waals surface area contributed by atoms with Gasteiger partial charge in [0.15, 0.2) is 0 Å². The largest absolute Gasteiger partial charge is 0.354 e. The Morgan fingerprint density at radius 1 is 1.40 bits per heavy atom. The van der Waals surface area contributed by atoms with Crippen molar-refractivity contribution in [1.82, 2.24) is 8.75 Å². The SMILES string of the molecule is Cc1nsc(-c2ss[s+]2)[n+]1-c1c[s+]sn1. The maximum atomic E-state index is 4.39. The van der Waals surface area contributed by atoms with Crippen molar-refractivity contribution in [3.05, 3.63) is 11.2 Å². The molecule has 0 unspecified atom stereocenters. The van der Waals surface area contributed by atoms with Crippen molar-refractivity contribution >= 4 is 62.4 Å². The second-order valence-corrected chi connectivity index (χ2v) is 9.34. The first-order valence-corrected chi connectivity index (χ1v) is 10.3. The number of aromatic nitrogens is 3.